The van der Waals surface area contributed by atoms with Gasteiger partial charge in [0, 0.05) is 27.8 Å². The third kappa shape index (κ3) is 3.86. The predicted molar refractivity (Wildman–Crippen MR) is 106 cm³/mol. The van der Waals surface area contributed by atoms with Gasteiger partial charge in [-0.1, -0.05) is 23.7 Å². The molecule has 0 unspecified atom stereocenters. The van der Waals surface area contributed by atoms with Gasteiger partial charge < -0.3 is 10.6 Å². The standard InChI is InChI=1S/C20H18ClFN2O2.ClH/c1-10(25)11-5-6-15(21)14(7-11)13-3-2-4-16(19(13)22)24-20(26)18-9-12-8-17(12)23-18;/h2-7,12,17-18,23H,8-9H2,1H3,(H,24,26);1H/t12-,17-,18+;/m1./s1. The molecule has 1 aliphatic heterocycles. The lowest BCUT2D eigenvalue weighted by molar-refractivity contribution is -0.118. The van der Waals surface area contributed by atoms with Crippen molar-refractivity contribution in [3.63, 3.8) is 0 Å². The van der Waals surface area contributed by atoms with Crippen LogP contribution in [0.5, 0.6) is 0 Å². The van der Waals surface area contributed by atoms with Crippen LogP contribution in [-0.4, -0.2) is 23.8 Å². The van der Waals surface area contributed by atoms with Crippen LogP contribution >= 0.6 is 24.0 Å². The number of benzene rings is 2. The molecular weight excluding hydrogens is 390 g/mol. The second-order valence-corrected chi connectivity index (χ2v) is 7.37. The molecule has 0 bridgehead atoms. The van der Waals surface area contributed by atoms with Gasteiger partial charge in [-0.05, 0) is 49.9 Å². The summed E-state index contributed by atoms with van der Waals surface area (Å²) in [5.74, 6) is -0.336. The maximum atomic E-state index is 15.0. The Morgan fingerprint density at radius 1 is 1.19 bits per heavy atom. The van der Waals surface area contributed by atoms with Gasteiger partial charge in [-0.15, -0.1) is 12.4 Å². The monoisotopic (exact) mass is 408 g/mol. The zero-order chi connectivity index (χ0) is 18.4. The molecular formula is C20H19Cl2FN2O2. The molecule has 2 aromatic rings. The van der Waals surface area contributed by atoms with E-state index in [9.17, 15) is 9.59 Å². The number of fused-ring (bicyclic) bond motifs is 1. The minimum absolute atomic E-state index is 0. The first-order valence-corrected chi connectivity index (χ1v) is 8.98. The number of amides is 1. The molecule has 0 spiro atoms. The first kappa shape index (κ1) is 19.8. The summed E-state index contributed by atoms with van der Waals surface area (Å²) in [5.41, 5.74) is 1.23. The summed E-state index contributed by atoms with van der Waals surface area (Å²) in [6.45, 7) is 1.44. The summed E-state index contributed by atoms with van der Waals surface area (Å²) in [6, 6.07) is 9.68. The van der Waals surface area contributed by atoms with Crippen molar-refractivity contribution in [1.29, 1.82) is 0 Å². The first-order chi connectivity index (χ1) is 12.4. The number of ketones is 1. The van der Waals surface area contributed by atoms with E-state index in [0.717, 1.165) is 12.8 Å². The van der Waals surface area contributed by atoms with Crippen molar-refractivity contribution in [2.45, 2.75) is 31.8 Å². The van der Waals surface area contributed by atoms with Gasteiger partial charge in [0.1, 0.15) is 0 Å². The maximum Gasteiger partial charge on any atom is 0.241 e. The Morgan fingerprint density at radius 2 is 1.96 bits per heavy atom. The summed E-state index contributed by atoms with van der Waals surface area (Å²) in [7, 11) is 0. The molecule has 1 saturated heterocycles. The van der Waals surface area contributed by atoms with Crippen LogP contribution in [0.4, 0.5) is 10.1 Å². The summed E-state index contributed by atoms with van der Waals surface area (Å²) in [5, 5.41) is 6.27. The van der Waals surface area contributed by atoms with E-state index in [2.05, 4.69) is 10.6 Å². The number of nitrogens with one attached hydrogen (secondary N) is 2. The van der Waals surface area contributed by atoms with E-state index in [0.29, 0.717) is 28.1 Å². The van der Waals surface area contributed by atoms with Crippen molar-refractivity contribution in [1.82, 2.24) is 5.32 Å². The number of hydrogen-bond donors (Lipinski definition) is 2. The SMILES string of the molecule is CC(=O)c1ccc(Cl)c(-c2cccc(NC(=O)[C@@H]3C[C@H]4C[C@H]4N3)c2F)c1.Cl. The van der Waals surface area contributed by atoms with Gasteiger partial charge in [0.2, 0.25) is 5.91 Å². The number of piperidine rings is 1. The molecule has 1 saturated carbocycles. The lowest BCUT2D eigenvalue weighted by Crippen LogP contribution is -2.38. The lowest BCUT2D eigenvalue weighted by atomic mass is 10.00. The lowest BCUT2D eigenvalue weighted by Gasteiger charge is -2.15. The van der Waals surface area contributed by atoms with E-state index in [1.165, 1.54) is 13.0 Å². The van der Waals surface area contributed by atoms with Gasteiger partial charge >= 0.3 is 0 Å². The maximum absolute atomic E-state index is 15.0. The van der Waals surface area contributed by atoms with Crippen LogP contribution in [0, 0.1) is 11.7 Å². The normalized spacial score (nSPS) is 22.6. The van der Waals surface area contributed by atoms with Crippen LogP contribution in [0.15, 0.2) is 36.4 Å². The quantitative estimate of drug-likeness (QED) is 0.734. The molecule has 2 fully saturated rings. The fourth-order valence-electron chi connectivity index (χ4n) is 3.53. The van der Waals surface area contributed by atoms with Gasteiger partial charge in [-0.3, -0.25) is 9.59 Å². The molecule has 27 heavy (non-hydrogen) atoms. The number of halogens is 3. The zero-order valence-corrected chi connectivity index (χ0v) is 16.2. The smallest absolute Gasteiger partial charge is 0.241 e. The highest BCUT2D eigenvalue weighted by Crippen LogP contribution is 2.41. The highest BCUT2D eigenvalue weighted by molar-refractivity contribution is 6.33. The third-order valence-electron chi connectivity index (χ3n) is 5.11. The molecule has 4 nitrogen and oxygen atoms in total. The summed E-state index contributed by atoms with van der Waals surface area (Å²) < 4.78 is 15.0. The van der Waals surface area contributed by atoms with E-state index in [4.69, 9.17) is 11.6 Å². The van der Waals surface area contributed by atoms with Gasteiger partial charge in [-0.2, -0.15) is 0 Å². The fourth-order valence-corrected chi connectivity index (χ4v) is 3.75. The number of hydrogen-bond acceptors (Lipinski definition) is 3. The van der Waals surface area contributed by atoms with Gasteiger partial charge in [0.15, 0.2) is 11.6 Å². The third-order valence-corrected chi connectivity index (χ3v) is 5.44. The van der Waals surface area contributed by atoms with Crippen molar-refractivity contribution in [2.75, 3.05) is 5.32 Å². The van der Waals surface area contributed by atoms with Crippen molar-refractivity contribution in [3.05, 3.63) is 52.8 Å². The Balaban J connectivity index is 0.00000210. The number of anilines is 1. The topological polar surface area (TPSA) is 58.2 Å². The second-order valence-electron chi connectivity index (χ2n) is 6.96. The highest BCUT2D eigenvalue weighted by Gasteiger charge is 2.47. The number of Topliss-reactive ketones (excluding diaryl/α,β-unsaturated/α-hetero) is 1. The van der Waals surface area contributed by atoms with Gasteiger partial charge in [0.05, 0.1) is 11.7 Å². The molecule has 4 rings (SSSR count). The van der Waals surface area contributed by atoms with Crippen LogP contribution in [-0.2, 0) is 4.79 Å². The summed E-state index contributed by atoms with van der Waals surface area (Å²) in [6.07, 6.45) is 1.92. The molecule has 0 radical (unpaired) electrons. The predicted octanol–water partition coefficient (Wildman–Crippen LogP) is 4.46. The largest absolute Gasteiger partial charge is 0.322 e. The van der Waals surface area contributed by atoms with E-state index in [-0.39, 0.29) is 41.4 Å². The van der Waals surface area contributed by atoms with Crippen molar-refractivity contribution in [3.8, 4) is 11.1 Å². The average molecular weight is 409 g/mol. The summed E-state index contributed by atoms with van der Waals surface area (Å²) in [4.78, 5) is 24.0. The second kappa shape index (κ2) is 7.58. The highest BCUT2D eigenvalue weighted by atomic mass is 35.5. The molecule has 0 aromatic heterocycles. The van der Waals surface area contributed by atoms with Crippen LogP contribution in [0.2, 0.25) is 5.02 Å². The molecule has 2 aromatic carbocycles. The molecule has 1 aliphatic carbocycles. The van der Waals surface area contributed by atoms with Crippen LogP contribution in [0.1, 0.15) is 30.1 Å². The zero-order valence-electron chi connectivity index (χ0n) is 14.6. The van der Waals surface area contributed by atoms with E-state index < -0.39 is 5.82 Å². The van der Waals surface area contributed by atoms with Crippen LogP contribution in [0.3, 0.4) is 0 Å². The molecule has 142 valence electrons. The number of carbonyl (C=O) groups is 2. The molecule has 1 heterocycles. The number of carbonyl (C=O) groups excluding carboxylic acids is 2. The minimum atomic E-state index is -0.563. The Morgan fingerprint density at radius 3 is 2.63 bits per heavy atom. The van der Waals surface area contributed by atoms with Crippen LogP contribution in [0.25, 0.3) is 11.1 Å². The molecule has 2 aliphatic rings. The van der Waals surface area contributed by atoms with E-state index in [1.54, 1.807) is 30.3 Å². The Bertz CT molecular complexity index is 909. The molecule has 7 heteroatoms. The molecule has 2 N–H and O–H groups in total. The average Bonchev–Trinajstić information content (AvgIpc) is 3.22. The van der Waals surface area contributed by atoms with Crippen LogP contribution < -0.4 is 10.6 Å². The Labute approximate surface area is 167 Å². The van der Waals surface area contributed by atoms with E-state index >= 15 is 4.39 Å². The van der Waals surface area contributed by atoms with Crippen molar-refractivity contribution in [2.24, 2.45) is 5.92 Å². The summed E-state index contributed by atoms with van der Waals surface area (Å²) >= 11 is 6.21. The van der Waals surface area contributed by atoms with Crippen molar-refractivity contribution < 1.29 is 14.0 Å². The Kier molecular flexibility index (Phi) is 5.56. The number of rotatable bonds is 4. The minimum Gasteiger partial charge on any atom is -0.322 e. The Hall–Kier alpha value is -1.95. The van der Waals surface area contributed by atoms with E-state index in [1.807, 2.05) is 0 Å². The van der Waals surface area contributed by atoms with Gasteiger partial charge in [0.25, 0.3) is 0 Å². The molecule has 3 atom stereocenters. The first-order valence-electron chi connectivity index (χ1n) is 8.60. The van der Waals surface area contributed by atoms with Crippen molar-refractivity contribution >= 4 is 41.4 Å². The fraction of sp³-hybridized carbons (Fsp3) is 0.300. The van der Waals surface area contributed by atoms with Gasteiger partial charge in [-0.25, -0.2) is 4.39 Å². The molecule has 1 amide bonds.